The van der Waals surface area contributed by atoms with E-state index in [9.17, 15) is 18.0 Å². The average Bonchev–Trinajstić information content (AvgIpc) is 2.86. The number of hydrogen-bond donors (Lipinski definition) is 1. The maximum absolute atomic E-state index is 13.7. The number of amides is 2. The van der Waals surface area contributed by atoms with Crippen LogP contribution in [-0.4, -0.2) is 57.1 Å². The number of benzene rings is 2. The Morgan fingerprint density at radius 2 is 1.81 bits per heavy atom. The Labute approximate surface area is 228 Å². The highest BCUT2D eigenvalue weighted by Crippen LogP contribution is 2.26. The Morgan fingerprint density at radius 1 is 1.11 bits per heavy atom. The summed E-state index contributed by atoms with van der Waals surface area (Å²) in [6.07, 6.45) is 6.06. The number of anilines is 1. The van der Waals surface area contributed by atoms with Crippen LogP contribution in [0.4, 0.5) is 5.69 Å². The average molecular weight is 571 g/mol. The highest BCUT2D eigenvalue weighted by Gasteiger charge is 2.31. The van der Waals surface area contributed by atoms with Crippen molar-refractivity contribution in [2.45, 2.75) is 57.7 Å². The molecule has 0 saturated heterocycles. The van der Waals surface area contributed by atoms with Gasteiger partial charge in [0.15, 0.2) is 0 Å². The quantitative estimate of drug-likeness (QED) is 0.449. The smallest absolute Gasteiger partial charge is 0.244 e. The number of hydrogen-bond acceptors (Lipinski definition) is 5. The molecule has 1 atom stereocenters. The Kier molecular flexibility index (Phi) is 10.1. The van der Waals surface area contributed by atoms with Crippen LogP contribution in [0.2, 0.25) is 10.0 Å². The van der Waals surface area contributed by atoms with Crippen molar-refractivity contribution in [2.75, 3.05) is 24.2 Å². The molecular weight excluding hydrogens is 537 g/mol. The van der Waals surface area contributed by atoms with Crippen LogP contribution >= 0.6 is 23.2 Å². The van der Waals surface area contributed by atoms with Crippen LogP contribution in [0.15, 0.2) is 42.5 Å². The monoisotopic (exact) mass is 569 g/mol. The van der Waals surface area contributed by atoms with E-state index in [1.807, 2.05) is 0 Å². The van der Waals surface area contributed by atoms with Crippen molar-refractivity contribution in [3.63, 3.8) is 0 Å². The highest BCUT2D eigenvalue weighted by atomic mass is 35.5. The molecule has 2 amide bonds. The number of carbonyl (C=O) groups is 2. The molecule has 1 aliphatic carbocycles. The van der Waals surface area contributed by atoms with E-state index in [-0.39, 0.29) is 24.2 Å². The Hall–Kier alpha value is -2.49. The molecular formula is C26H33Cl2N3O5S. The molecule has 8 nitrogen and oxygen atoms in total. The number of nitrogens with zero attached hydrogens (tertiary/aromatic N) is 2. The third kappa shape index (κ3) is 7.99. The van der Waals surface area contributed by atoms with Gasteiger partial charge in [0.25, 0.3) is 0 Å². The van der Waals surface area contributed by atoms with Crippen molar-refractivity contribution >= 4 is 50.7 Å². The first kappa shape index (κ1) is 29.1. The van der Waals surface area contributed by atoms with Gasteiger partial charge in [-0.05, 0) is 49.6 Å². The standard InChI is InChI=1S/C26H33Cl2N3O5S/c1-18(26(33)29-21-8-5-4-6-9-21)30(16-19-12-13-20(27)14-24(19)28)25(32)17-31(37(3,34)35)22-10-7-11-23(15-22)36-2/h7,10-15,18,21H,4-6,8-9,16-17H2,1-3H3,(H,29,33). The molecule has 0 spiro atoms. The van der Waals surface area contributed by atoms with Gasteiger partial charge in [-0.2, -0.15) is 0 Å². The van der Waals surface area contributed by atoms with Gasteiger partial charge >= 0.3 is 0 Å². The highest BCUT2D eigenvalue weighted by molar-refractivity contribution is 7.92. The summed E-state index contributed by atoms with van der Waals surface area (Å²) < 4.78 is 31.6. The fourth-order valence-electron chi connectivity index (χ4n) is 4.36. The lowest BCUT2D eigenvalue weighted by molar-refractivity contribution is -0.139. The summed E-state index contributed by atoms with van der Waals surface area (Å²) in [5, 5.41) is 3.84. The van der Waals surface area contributed by atoms with E-state index < -0.39 is 28.5 Å². The third-order valence-electron chi connectivity index (χ3n) is 6.50. The third-order valence-corrected chi connectivity index (χ3v) is 8.22. The summed E-state index contributed by atoms with van der Waals surface area (Å²) in [5.74, 6) is -0.396. The van der Waals surface area contributed by atoms with Crippen molar-refractivity contribution in [3.8, 4) is 5.75 Å². The molecule has 0 heterocycles. The van der Waals surface area contributed by atoms with Crippen molar-refractivity contribution in [1.82, 2.24) is 10.2 Å². The predicted octanol–water partition coefficient (Wildman–Crippen LogP) is 4.63. The van der Waals surface area contributed by atoms with E-state index in [1.165, 1.54) is 18.1 Å². The van der Waals surface area contributed by atoms with Gasteiger partial charge in [0.2, 0.25) is 21.8 Å². The summed E-state index contributed by atoms with van der Waals surface area (Å²) in [5.41, 5.74) is 0.864. The molecule has 2 aromatic carbocycles. The topological polar surface area (TPSA) is 96.0 Å². The molecule has 37 heavy (non-hydrogen) atoms. The van der Waals surface area contributed by atoms with Crippen LogP contribution in [0.3, 0.4) is 0 Å². The van der Waals surface area contributed by atoms with Crippen LogP contribution in [0.25, 0.3) is 0 Å². The fraction of sp³-hybridized carbons (Fsp3) is 0.462. The number of rotatable bonds is 10. The first-order valence-corrected chi connectivity index (χ1v) is 14.8. The fourth-order valence-corrected chi connectivity index (χ4v) is 5.67. The maximum atomic E-state index is 13.7. The van der Waals surface area contributed by atoms with Crippen molar-refractivity contribution in [3.05, 3.63) is 58.1 Å². The van der Waals surface area contributed by atoms with Crippen LogP contribution < -0.4 is 14.4 Å². The molecule has 0 radical (unpaired) electrons. The second-order valence-electron chi connectivity index (χ2n) is 9.25. The van der Waals surface area contributed by atoms with Crippen LogP contribution in [-0.2, 0) is 26.2 Å². The van der Waals surface area contributed by atoms with Crippen LogP contribution in [0, 0.1) is 0 Å². The van der Waals surface area contributed by atoms with Gasteiger partial charge in [-0.15, -0.1) is 0 Å². The molecule has 0 aliphatic heterocycles. The largest absolute Gasteiger partial charge is 0.497 e. The first-order valence-electron chi connectivity index (χ1n) is 12.1. The summed E-state index contributed by atoms with van der Waals surface area (Å²) in [6.45, 7) is 1.14. The van der Waals surface area contributed by atoms with Gasteiger partial charge in [0, 0.05) is 28.7 Å². The Balaban J connectivity index is 1.90. The molecule has 2 aromatic rings. The second kappa shape index (κ2) is 12.8. The van der Waals surface area contributed by atoms with Gasteiger partial charge < -0.3 is 15.0 Å². The number of sulfonamides is 1. The minimum Gasteiger partial charge on any atom is -0.497 e. The Morgan fingerprint density at radius 3 is 2.43 bits per heavy atom. The molecule has 1 N–H and O–H groups in total. The zero-order chi connectivity index (χ0) is 27.2. The molecule has 3 rings (SSSR count). The van der Waals surface area contributed by atoms with Gasteiger partial charge in [-0.1, -0.05) is 54.6 Å². The normalized spacial score (nSPS) is 15.1. The minimum atomic E-state index is -3.84. The molecule has 0 bridgehead atoms. The van der Waals surface area contributed by atoms with Crippen molar-refractivity contribution in [2.24, 2.45) is 0 Å². The maximum Gasteiger partial charge on any atom is 0.244 e. The number of carbonyl (C=O) groups excluding carboxylic acids is 2. The van der Waals surface area contributed by atoms with E-state index in [0.717, 1.165) is 42.7 Å². The Bertz CT molecular complexity index is 1220. The number of nitrogens with one attached hydrogen (secondary N) is 1. The number of halogens is 2. The van der Waals surface area contributed by atoms with Crippen molar-refractivity contribution in [1.29, 1.82) is 0 Å². The van der Waals surface area contributed by atoms with E-state index >= 15 is 0 Å². The summed E-state index contributed by atoms with van der Waals surface area (Å²) in [7, 11) is -2.37. The lowest BCUT2D eigenvalue weighted by Crippen LogP contribution is -2.53. The summed E-state index contributed by atoms with van der Waals surface area (Å²) in [6, 6.07) is 10.5. The van der Waals surface area contributed by atoms with Crippen LogP contribution in [0.5, 0.6) is 5.75 Å². The molecule has 1 aliphatic rings. The lowest BCUT2D eigenvalue weighted by Gasteiger charge is -2.33. The SMILES string of the molecule is COc1cccc(N(CC(=O)N(Cc2ccc(Cl)cc2Cl)C(C)C(=O)NC2CCCCC2)S(C)(=O)=O)c1. The molecule has 11 heteroatoms. The minimum absolute atomic E-state index is 0.00377. The van der Waals surface area contributed by atoms with Gasteiger partial charge in [-0.3, -0.25) is 13.9 Å². The zero-order valence-electron chi connectivity index (χ0n) is 21.2. The van der Waals surface area contributed by atoms with Gasteiger partial charge in [-0.25, -0.2) is 8.42 Å². The zero-order valence-corrected chi connectivity index (χ0v) is 23.6. The molecule has 0 aromatic heterocycles. The molecule has 202 valence electrons. The molecule has 1 fully saturated rings. The lowest BCUT2D eigenvalue weighted by atomic mass is 9.95. The molecule has 1 unspecified atom stereocenters. The summed E-state index contributed by atoms with van der Waals surface area (Å²) >= 11 is 12.4. The van der Waals surface area contributed by atoms with E-state index in [4.69, 9.17) is 27.9 Å². The van der Waals surface area contributed by atoms with E-state index in [2.05, 4.69) is 5.32 Å². The van der Waals surface area contributed by atoms with E-state index in [0.29, 0.717) is 21.4 Å². The predicted molar refractivity (Wildman–Crippen MR) is 147 cm³/mol. The number of methoxy groups -OCH3 is 1. The van der Waals surface area contributed by atoms with Crippen molar-refractivity contribution < 1.29 is 22.7 Å². The van der Waals surface area contributed by atoms with Gasteiger partial charge in [0.05, 0.1) is 19.1 Å². The van der Waals surface area contributed by atoms with Crippen LogP contribution in [0.1, 0.15) is 44.6 Å². The molecule has 1 saturated carbocycles. The number of ether oxygens (including phenoxy) is 1. The second-order valence-corrected chi connectivity index (χ2v) is 12.0. The first-order chi connectivity index (χ1) is 17.5. The van der Waals surface area contributed by atoms with Gasteiger partial charge in [0.1, 0.15) is 18.3 Å². The van der Waals surface area contributed by atoms with E-state index in [1.54, 1.807) is 43.3 Å². The summed E-state index contributed by atoms with van der Waals surface area (Å²) in [4.78, 5) is 28.3.